The molecule has 0 aromatic heterocycles. The lowest BCUT2D eigenvalue weighted by Crippen LogP contribution is -2.53. The molecular formula is C24H27NO4. The molecule has 152 valence electrons. The summed E-state index contributed by atoms with van der Waals surface area (Å²) in [6.45, 7) is 4.68. The number of para-hydroxylation sites is 1. The number of ether oxygens (including phenoxy) is 3. The van der Waals surface area contributed by atoms with E-state index in [-0.39, 0.29) is 24.0 Å². The number of amides is 1. The number of hydrogen-bond acceptors (Lipinski definition) is 4. The first-order valence-corrected chi connectivity index (χ1v) is 10.4. The van der Waals surface area contributed by atoms with Gasteiger partial charge >= 0.3 is 0 Å². The van der Waals surface area contributed by atoms with Crippen molar-refractivity contribution in [3.63, 3.8) is 0 Å². The summed E-state index contributed by atoms with van der Waals surface area (Å²) in [5.41, 5.74) is 1.58. The predicted molar refractivity (Wildman–Crippen MR) is 108 cm³/mol. The van der Waals surface area contributed by atoms with Gasteiger partial charge in [-0.25, -0.2) is 0 Å². The van der Waals surface area contributed by atoms with Crippen LogP contribution >= 0.6 is 0 Å². The number of hydrogen-bond donors (Lipinski definition) is 0. The highest BCUT2D eigenvalue weighted by Gasteiger charge is 2.54. The molecule has 0 bridgehead atoms. The molecule has 0 saturated carbocycles. The molecule has 0 radical (unpaired) electrons. The first-order chi connectivity index (χ1) is 14.0. The molecule has 3 aliphatic heterocycles. The minimum absolute atomic E-state index is 0.120. The Kier molecular flexibility index (Phi) is 4.60. The van der Waals surface area contributed by atoms with E-state index < -0.39 is 12.0 Å². The summed E-state index contributed by atoms with van der Waals surface area (Å²) < 4.78 is 17.8. The van der Waals surface area contributed by atoms with E-state index >= 15 is 0 Å². The lowest BCUT2D eigenvalue weighted by molar-refractivity contribution is -0.158. The fourth-order valence-corrected chi connectivity index (χ4v) is 4.69. The van der Waals surface area contributed by atoms with Crippen LogP contribution in [0.3, 0.4) is 0 Å². The number of fused-ring (bicyclic) bond motifs is 2. The molecular weight excluding hydrogens is 366 g/mol. The molecule has 5 heteroatoms. The van der Waals surface area contributed by atoms with Crippen LogP contribution in [0.25, 0.3) is 0 Å². The highest BCUT2D eigenvalue weighted by molar-refractivity contribution is 5.80. The largest absolute Gasteiger partial charge is 0.462 e. The second-order valence-electron chi connectivity index (χ2n) is 8.72. The van der Waals surface area contributed by atoms with Gasteiger partial charge in [-0.2, -0.15) is 0 Å². The highest BCUT2D eigenvalue weighted by Crippen LogP contribution is 2.41. The second kappa shape index (κ2) is 7.15. The predicted octanol–water partition coefficient (Wildman–Crippen LogP) is 3.56. The molecule has 0 aliphatic carbocycles. The van der Waals surface area contributed by atoms with Gasteiger partial charge < -0.3 is 19.1 Å². The van der Waals surface area contributed by atoms with Crippen molar-refractivity contribution in [2.24, 2.45) is 5.92 Å². The van der Waals surface area contributed by atoms with Gasteiger partial charge in [0.05, 0.1) is 12.7 Å². The van der Waals surface area contributed by atoms with Crippen LogP contribution in [-0.2, 0) is 27.1 Å². The van der Waals surface area contributed by atoms with Crippen LogP contribution in [0.15, 0.2) is 54.6 Å². The molecule has 5 rings (SSSR count). The van der Waals surface area contributed by atoms with E-state index in [4.69, 9.17) is 14.2 Å². The highest BCUT2D eigenvalue weighted by atomic mass is 16.7. The number of epoxide rings is 1. The Balaban J connectivity index is 1.42. The average Bonchev–Trinajstić information content (AvgIpc) is 3.48. The molecule has 29 heavy (non-hydrogen) atoms. The maximum absolute atomic E-state index is 13.8. The molecule has 0 unspecified atom stereocenters. The minimum Gasteiger partial charge on any atom is -0.462 e. The van der Waals surface area contributed by atoms with Crippen molar-refractivity contribution in [1.29, 1.82) is 0 Å². The first kappa shape index (κ1) is 18.6. The SMILES string of the molecule is CC1(C)O[C@@H]2Oc3ccccc3C[C@@H]2N1C(=O)[C@H](Cc1ccccc1)C[C@H]1CO1. The van der Waals surface area contributed by atoms with Crippen molar-refractivity contribution in [1.82, 2.24) is 4.90 Å². The fraction of sp³-hybridized carbons (Fsp3) is 0.458. The maximum atomic E-state index is 13.8. The van der Waals surface area contributed by atoms with Gasteiger partial charge in [0.25, 0.3) is 0 Å². The van der Waals surface area contributed by atoms with E-state index in [1.807, 2.05) is 55.1 Å². The molecule has 3 aliphatic rings. The lowest BCUT2D eigenvalue weighted by Gasteiger charge is -2.37. The van der Waals surface area contributed by atoms with Gasteiger partial charge in [-0.15, -0.1) is 0 Å². The quantitative estimate of drug-likeness (QED) is 0.729. The summed E-state index contributed by atoms with van der Waals surface area (Å²) in [6, 6.07) is 18.1. The summed E-state index contributed by atoms with van der Waals surface area (Å²) in [6.07, 6.45) is 1.96. The Hall–Kier alpha value is -2.37. The number of carbonyl (C=O) groups excluding carboxylic acids is 1. The average molecular weight is 393 g/mol. The molecule has 4 atom stereocenters. The van der Waals surface area contributed by atoms with Crippen molar-refractivity contribution in [2.75, 3.05) is 6.61 Å². The van der Waals surface area contributed by atoms with Gasteiger partial charge in [-0.05, 0) is 43.9 Å². The van der Waals surface area contributed by atoms with Crippen molar-refractivity contribution in [3.8, 4) is 5.75 Å². The zero-order chi connectivity index (χ0) is 20.0. The number of carbonyl (C=O) groups is 1. The van der Waals surface area contributed by atoms with Crippen molar-refractivity contribution in [3.05, 3.63) is 65.7 Å². The van der Waals surface area contributed by atoms with E-state index in [0.717, 1.165) is 30.8 Å². The lowest BCUT2D eigenvalue weighted by atomic mass is 9.91. The van der Waals surface area contributed by atoms with E-state index in [9.17, 15) is 4.79 Å². The van der Waals surface area contributed by atoms with E-state index in [1.54, 1.807) is 0 Å². The van der Waals surface area contributed by atoms with Crippen LogP contribution in [0, 0.1) is 5.92 Å². The van der Waals surface area contributed by atoms with Gasteiger partial charge in [0, 0.05) is 12.3 Å². The van der Waals surface area contributed by atoms with Gasteiger partial charge in [0.15, 0.2) is 0 Å². The summed E-state index contributed by atoms with van der Waals surface area (Å²) in [7, 11) is 0. The normalized spacial score (nSPS) is 27.5. The third-order valence-electron chi connectivity index (χ3n) is 6.14. The fourth-order valence-electron chi connectivity index (χ4n) is 4.69. The van der Waals surface area contributed by atoms with Crippen LogP contribution in [0.1, 0.15) is 31.4 Å². The topological polar surface area (TPSA) is 51.3 Å². The maximum Gasteiger partial charge on any atom is 0.228 e. The third-order valence-corrected chi connectivity index (χ3v) is 6.14. The van der Waals surface area contributed by atoms with Crippen LogP contribution in [-0.4, -0.2) is 41.6 Å². The van der Waals surface area contributed by atoms with E-state index in [0.29, 0.717) is 6.42 Å². The zero-order valence-corrected chi connectivity index (χ0v) is 16.9. The van der Waals surface area contributed by atoms with Gasteiger partial charge in [0.1, 0.15) is 17.5 Å². The first-order valence-electron chi connectivity index (χ1n) is 10.4. The van der Waals surface area contributed by atoms with Crippen LogP contribution < -0.4 is 4.74 Å². The van der Waals surface area contributed by atoms with Crippen LogP contribution in [0.4, 0.5) is 0 Å². The summed E-state index contributed by atoms with van der Waals surface area (Å²) in [5, 5.41) is 0. The van der Waals surface area contributed by atoms with Gasteiger partial charge in [-0.3, -0.25) is 4.79 Å². The van der Waals surface area contributed by atoms with Crippen molar-refractivity contribution < 1.29 is 19.0 Å². The Bertz CT molecular complexity index is 893. The summed E-state index contributed by atoms with van der Waals surface area (Å²) >= 11 is 0. The molecule has 2 saturated heterocycles. The number of benzene rings is 2. The Labute approximate surface area is 171 Å². The Morgan fingerprint density at radius 3 is 2.62 bits per heavy atom. The zero-order valence-electron chi connectivity index (χ0n) is 16.9. The molecule has 1 amide bonds. The molecule has 3 heterocycles. The van der Waals surface area contributed by atoms with E-state index in [2.05, 4.69) is 18.2 Å². The van der Waals surface area contributed by atoms with Gasteiger partial charge in [0.2, 0.25) is 12.2 Å². The van der Waals surface area contributed by atoms with Gasteiger partial charge in [-0.1, -0.05) is 48.5 Å². The third kappa shape index (κ3) is 3.65. The minimum atomic E-state index is -0.714. The second-order valence-corrected chi connectivity index (χ2v) is 8.72. The number of nitrogens with zero attached hydrogens (tertiary/aromatic N) is 1. The standard InChI is InChI=1S/C24H27NO4/c1-24(2)25(20-14-17-10-6-7-11-21(17)28-23(20)29-24)22(26)18(13-19-15-27-19)12-16-8-4-3-5-9-16/h3-11,18-20,23H,12-15H2,1-2H3/t18-,19+,20+,23+/m1/s1. The van der Waals surface area contributed by atoms with Crippen LogP contribution in [0.2, 0.25) is 0 Å². The molecule has 2 aromatic rings. The Morgan fingerprint density at radius 2 is 1.86 bits per heavy atom. The molecule has 2 aromatic carbocycles. The molecule has 0 N–H and O–H groups in total. The smallest absolute Gasteiger partial charge is 0.228 e. The van der Waals surface area contributed by atoms with Crippen molar-refractivity contribution >= 4 is 5.91 Å². The van der Waals surface area contributed by atoms with Crippen LogP contribution in [0.5, 0.6) is 5.75 Å². The molecule has 5 nitrogen and oxygen atoms in total. The van der Waals surface area contributed by atoms with E-state index in [1.165, 1.54) is 5.56 Å². The molecule has 2 fully saturated rings. The summed E-state index contributed by atoms with van der Waals surface area (Å²) in [4.78, 5) is 15.8. The number of rotatable bonds is 5. The molecule has 0 spiro atoms. The Morgan fingerprint density at radius 1 is 1.14 bits per heavy atom. The summed E-state index contributed by atoms with van der Waals surface area (Å²) in [5.74, 6) is 0.847. The monoisotopic (exact) mass is 393 g/mol. The van der Waals surface area contributed by atoms with Crippen molar-refractivity contribution in [2.45, 2.75) is 57.3 Å².